The second-order valence-corrected chi connectivity index (χ2v) is 6.79. The SMILES string of the molecule is CCCN1C[C@H]2CC[C@@H]1CN(Cc1ccc(C(=O)O)cc1)C2. The molecule has 3 aliphatic rings. The van der Waals surface area contributed by atoms with Crippen LogP contribution in [-0.4, -0.2) is 53.1 Å². The van der Waals surface area contributed by atoms with E-state index in [1.165, 1.54) is 44.5 Å². The van der Waals surface area contributed by atoms with Crippen molar-refractivity contribution in [1.29, 1.82) is 0 Å². The number of carboxylic acid groups (broad SMARTS) is 1. The Balaban J connectivity index is 1.64. The van der Waals surface area contributed by atoms with Gasteiger partial charge >= 0.3 is 5.97 Å². The Kier molecular flexibility index (Phi) is 4.79. The van der Waals surface area contributed by atoms with Crippen LogP contribution in [0.3, 0.4) is 0 Å². The van der Waals surface area contributed by atoms with Crippen molar-refractivity contribution in [1.82, 2.24) is 9.80 Å². The van der Waals surface area contributed by atoms with Crippen LogP contribution in [0.2, 0.25) is 0 Å². The Morgan fingerprint density at radius 3 is 2.64 bits per heavy atom. The molecule has 2 bridgehead atoms. The summed E-state index contributed by atoms with van der Waals surface area (Å²) in [6, 6.07) is 8.05. The first-order chi connectivity index (χ1) is 10.7. The number of rotatable bonds is 5. The average Bonchev–Trinajstić information content (AvgIpc) is 2.78. The van der Waals surface area contributed by atoms with E-state index in [0.717, 1.165) is 19.0 Å². The van der Waals surface area contributed by atoms with Gasteiger partial charge in [-0.2, -0.15) is 0 Å². The molecule has 4 rings (SSSR count). The van der Waals surface area contributed by atoms with E-state index < -0.39 is 5.97 Å². The topological polar surface area (TPSA) is 43.8 Å². The lowest BCUT2D eigenvalue weighted by Crippen LogP contribution is -2.44. The zero-order valence-corrected chi connectivity index (χ0v) is 13.4. The van der Waals surface area contributed by atoms with Gasteiger partial charge in [0.2, 0.25) is 0 Å². The van der Waals surface area contributed by atoms with Crippen molar-refractivity contribution in [3.05, 3.63) is 35.4 Å². The molecule has 2 atom stereocenters. The van der Waals surface area contributed by atoms with Crippen molar-refractivity contribution in [3.8, 4) is 0 Å². The number of carbonyl (C=O) groups is 1. The molecule has 1 aromatic rings. The highest BCUT2D eigenvalue weighted by atomic mass is 16.4. The predicted octanol–water partition coefficient (Wildman–Crippen LogP) is 2.69. The van der Waals surface area contributed by atoms with Crippen molar-refractivity contribution in [2.24, 2.45) is 5.92 Å². The molecule has 0 unspecified atom stereocenters. The van der Waals surface area contributed by atoms with Crippen LogP contribution in [-0.2, 0) is 6.54 Å². The number of benzene rings is 1. The smallest absolute Gasteiger partial charge is 0.335 e. The highest BCUT2D eigenvalue weighted by Crippen LogP contribution is 2.28. The molecular weight excluding hydrogens is 276 g/mol. The summed E-state index contributed by atoms with van der Waals surface area (Å²) in [6.07, 6.45) is 3.93. The van der Waals surface area contributed by atoms with Gasteiger partial charge in [0.05, 0.1) is 5.56 Å². The summed E-state index contributed by atoms with van der Waals surface area (Å²) < 4.78 is 0. The summed E-state index contributed by atoms with van der Waals surface area (Å²) in [5.74, 6) is -0.0573. The number of nitrogens with zero attached hydrogens (tertiary/aromatic N) is 2. The van der Waals surface area contributed by atoms with Gasteiger partial charge in [0, 0.05) is 32.2 Å². The lowest BCUT2D eigenvalue weighted by atomic mass is 9.95. The van der Waals surface area contributed by atoms with Crippen LogP contribution < -0.4 is 0 Å². The average molecular weight is 302 g/mol. The van der Waals surface area contributed by atoms with Crippen LogP contribution >= 0.6 is 0 Å². The van der Waals surface area contributed by atoms with Crippen molar-refractivity contribution < 1.29 is 9.90 Å². The maximum Gasteiger partial charge on any atom is 0.335 e. The van der Waals surface area contributed by atoms with E-state index in [0.29, 0.717) is 11.6 Å². The van der Waals surface area contributed by atoms with Crippen LogP contribution in [0.5, 0.6) is 0 Å². The van der Waals surface area contributed by atoms with Gasteiger partial charge in [-0.25, -0.2) is 4.79 Å². The van der Waals surface area contributed by atoms with E-state index in [-0.39, 0.29) is 0 Å². The second kappa shape index (κ2) is 6.80. The number of piperidine rings is 1. The molecule has 4 nitrogen and oxygen atoms in total. The summed E-state index contributed by atoms with van der Waals surface area (Å²) in [5, 5.41) is 8.98. The van der Waals surface area contributed by atoms with E-state index in [1.54, 1.807) is 12.1 Å². The molecule has 1 aromatic carbocycles. The molecule has 0 radical (unpaired) electrons. The molecule has 3 saturated heterocycles. The van der Waals surface area contributed by atoms with Gasteiger partial charge in [-0.15, -0.1) is 0 Å². The molecule has 4 heteroatoms. The fourth-order valence-corrected chi connectivity index (χ4v) is 3.98. The predicted molar refractivity (Wildman–Crippen MR) is 87.1 cm³/mol. The van der Waals surface area contributed by atoms with Gasteiger partial charge in [-0.3, -0.25) is 9.80 Å². The Morgan fingerprint density at radius 2 is 1.95 bits per heavy atom. The summed E-state index contributed by atoms with van der Waals surface area (Å²) in [5.41, 5.74) is 1.59. The minimum atomic E-state index is -0.852. The standard InChI is InChI=1S/C18H26N2O2/c1-2-9-20-12-15-5-8-17(20)13-19(11-15)10-14-3-6-16(7-4-14)18(21)22/h3-4,6-7,15,17H,2,5,8-13H2,1H3,(H,21,22)/t15-,17+/m0/s1. The Hall–Kier alpha value is -1.39. The first kappa shape index (κ1) is 15.5. The maximum absolute atomic E-state index is 10.9. The number of aromatic carboxylic acids is 1. The molecule has 0 spiro atoms. The molecule has 0 aromatic heterocycles. The zero-order chi connectivity index (χ0) is 15.5. The van der Waals surface area contributed by atoms with Gasteiger partial charge in [-0.1, -0.05) is 19.1 Å². The van der Waals surface area contributed by atoms with Gasteiger partial charge in [0.15, 0.2) is 0 Å². The molecule has 0 aliphatic carbocycles. The van der Waals surface area contributed by atoms with Gasteiger partial charge in [0.1, 0.15) is 0 Å². The zero-order valence-electron chi connectivity index (χ0n) is 13.4. The summed E-state index contributed by atoms with van der Waals surface area (Å²) in [4.78, 5) is 16.2. The van der Waals surface area contributed by atoms with Crippen LogP contribution in [0.1, 0.15) is 42.1 Å². The van der Waals surface area contributed by atoms with Crippen LogP contribution in [0.4, 0.5) is 0 Å². The van der Waals surface area contributed by atoms with Crippen molar-refractivity contribution in [3.63, 3.8) is 0 Å². The quantitative estimate of drug-likeness (QED) is 0.908. The van der Waals surface area contributed by atoms with E-state index >= 15 is 0 Å². The van der Waals surface area contributed by atoms with E-state index in [4.69, 9.17) is 5.11 Å². The van der Waals surface area contributed by atoms with Crippen molar-refractivity contribution in [2.75, 3.05) is 26.2 Å². The van der Waals surface area contributed by atoms with Crippen LogP contribution in [0.25, 0.3) is 0 Å². The summed E-state index contributed by atoms with van der Waals surface area (Å²) in [6.45, 7) is 8.01. The fraction of sp³-hybridized carbons (Fsp3) is 0.611. The molecule has 1 N–H and O–H groups in total. The van der Waals surface area contributed by atoms with Crippen molar-refractivity contribution in [2.45, 2.75) is 38.8 Å². The highest BCUT2D eigenvalue weighted by Gasteiger charge is 2.34. The molecule has 3 aliphatic heterocycles. The fourth-order valence-electron chi connectivity index (χ4n) is 3.98. The number of hydrogen-bond acceptors (Lipinski definition) is 3. The Morgan fingerprint density at radius 1 is 1.18 bits per heavy atom. The first-order valence-corrected chi connectivity index (χ1v) is 8.44. The summed E-state index contributed by atoms with van der Waals surface area (Å²) >= 11 is 0. The Bertz CT molecular complexity index is 514. The monoisotopic (exact) mass is 302 g/mol. The molecule has 3 fully saturated rings. The lowest BCUT2D eigenvalue weighted by molar-refractivity contribution is 0.0697. The minimum Gasteiger partial charge on any atom is -0.478 e. The molecule has 0 amide bonds. The first-order valence-electron chi connectivity index (χ1n) is 8.44. The van der Waals surface area contributed by atoms with Gasteiger partial charge < -0.3 is 5.11 Å². The van der Waals surface area contributed by atoms with Crippen LogP contribution in [0.15, 0.2) is 24.3 Å². The van der Waals surface area contributed by atoms with Gasteiger partial charge in [-0.05, 0) is 49.4 Å². The second-order valence-electron chi connectivity index (χ2n) is 6.79. The largest absolute Gasteiger partial charge is 0.478 e. The third kappa shape index (κ3) is 3.50. The molecule has 22 heavy (non-hydrogen) atoms. The lowest BCUT2D eigenvalue weighted by Gasteiger charge is -2.35. The van der Waals surface area contributed by atoms with E-state index in [2.05, 4.69) is 16.7 Å². The van der Waals surface area contributed by atoms with Gasteiger partial charge in [0.25, 0.3) is 0 Å². The van der Waals surface area contributed by atoms with E-state index in [9.17, 15) is 4.79 Å². The van der Waals surface area contributed by atoms with Crippen molar-refractivity contribution >= 4 is 5.97 Å². The van der Waals surface area contributed by atoms with E-state index in [1.807, 2.05) is 12.1 Å². The molecule has 0 saturated carbocycles. The maximum atomic E-state index is 10.9. The Labute approximate surface area is 132 Å². The molecule has 3 heterocycles. The molecular formula is C18H26N2O2. The third-order valence-corrected chi connectivity index (χ3v) is 5.02. The number of carboxylic acids is 1. The number of fused-ring (bicyclic) bond motifs is 4. The highest BCUT2D eigenvalue weighted by molar-refractivity contribution is 5.87. The molecule has 120 valence electrons. The number of hydrogen-bond donors (Lipinski definition) is 1. The minimum absolute atomic E-state index is 0.369. The summed E-state index contributed by atoms with van der Waals surface area (Å²) in [7, 11) is 0. The van der Waals surface area contributed by atoms with Crippen LogP contribution in [0, 0.1) is 5.92 Å². The normalized spacial score (nSPS) is 26.0. The third-order valence-electron chi connectivity index (χ3n) is 5.02.